The summed E-state index contributed by atoms with van der Waals surface area (Å²) >= 11 is 0. The lowest BCUT2D eigenvalue weighted by Gasteiger charge is -2.19. The lowest BCUT2D eigenvalue weighted by molar-refractivity contribution is 0.0697. The topological polar surface area (TPSA) is 158 Å². The molecule has 6 N–H and O–H groups in total. The SMILES string of the molecule is Cc1cnc(C(=O)Nc2ccc(C(=N)N)cc2)c(-c2ccc(C(=O)NCC(C)(C)C)cc2C(=O)O)c1. The molecule has 0 radical (unpaired) electrons. The number of aromatic nitrogens is 1. The average molecular weight is 488 g/mol. The largest absolute Gasteiger partial charge is 0.478 e. The van der Waals surface area contributed by atoms with Crippen LogP contribution in [0.1, 0.15) is 63.1 Å². The van der Waals surface area contributed by atoms with Crippen LogP contribution in [0.4, 0.5) is 5.69 Å². The van der Waals surface area contributed by atoms with E-state index in [1.807, 2.05) is 20.8 Å². The van der Waals surface area contributed by atoms with Gasteiger partial charge in [-0.2, -0.15) is 0 Å². The molecule has 3 rings (SSSR count). The molecule has 0 aliphatic rings. The van der Waals surface area contributed by atoms with E-state index < -0.39 is 11.9 Å². The summed E-state index contributed by atoms with van der Waals surface area (Å²) in [6.45, 7) is 8.15. The number of nitrogens with two attached hydrogens (primary N) is 1. The van der Waals surface area contributed by atoms with E-state index in [2.05, 4.69) is 15.6 Å². The summed E-state index contributed by atoms with van der Waals surface area (Å²) in [5, 5.41) is 22.9. The fraction of sp³-hybridized carbons (Fsp3) is 0.222. The van der Waals surface area contributed by atoms with Crippen molar-refractivity contribution >= 4 is 29.3 Å². The first-order valence-electron chi connectivity index (χ1n) is 11.2. The Labute approximate surface area is 209 Å². The van der Waals surface area contributed by atoms with Gasteiger partial charge < -0.3 is 21.5 Å². The molecule has 1 heterocycles. The van der Waals surface area contributed by atoms with Gasteiger partial charge in [0.2, 0.25) is 0 Å². The first kappa shape index (κ1) is 26.1. The van der Waals surface area contributed by atoms with Crippen LogP contribution in [0.5, 0.6) is 0 Å². The van der Waals surface area contributed by atoms with E-state index in [1.165, 1.54) is 24.4 Å². The molecule has 2 amide bonds. The number of carboxylic acids is 1. The molecule has 0 saturated carbocycles. The van der Waals surface area contributed by atoms with Crippen molar-refractivity contribution in [1.29, 1.82) is 5.41 Å². The Kier molecular flexibility index (Phi) is 7.53. The lowest BCUT2D eigenvalue weighted by Crippen LogP contribution is -2.32. The highest BCUT2D eigenvalue weighted by Crippen LogP contribution is 2.29. The van der Waals surface area contributed by atoms with Crippen LogP contribution in [-0.4, -0.2) is 40.3 Å². The van der Waals surface area contributed by atoms with Gasteiger partial charge in [-0.3, -0.25) is 20.0 Å². The quantitative estimate of drug-likeness (QED) is 0.250. The number of aryl methyl sites for hydroxylation is 1. The molecule has 0 aliphatic carbocycles. The number of pyridine rings is 1. The fourth-order valence-electron chi connectivity index (χ4n) is 3.42. The van der Waals surface area contributed by atoms with E-state index in [1.54, 1.807) is 37.3 Å². The maximum Gasteiger partial charge on any atom is 0.336 e. The predicted molar refractivity (Wildman–Crippen MR) is 139 cm³/mol. The number of nitrogen functional groups attached to an aromatic ring is 1. The van der Waals surface area contributed by atoms with E-state index in [0.29, 0.717) is 23.4 Å². The molecule has 36 heavy (non-hydrogen) atoms. The van der Waals surface area contributed by atoms with Gasteiger partial charge in [-0.05, 0) is 65.9 Å². The molecule has 0 unspecified atom stereocenters. The van der Waals surface area contributed by atoms with Crippen molar-refractivity contribution in [2.24, 2.45) is 11.1 Å². The summed E-state index contributed by atoms with van der Waals surface area (Å²) in [6.07, 6.45) is 1.52. The third-order valence-corrected chi connectivity index (χ3v) is 5.27. The van der Waals surface area contributed by atoms with Crippen LogP contribution in [0.25, 0.3) is 11.1 Å². The summed E-state index contributed by atoms with van der Waals surface area (Å²) in [5.74, 6) is -2.24. The van der Waals surface area contributed by atoms with Crippen molar-refractivity contribution < 1.29 is 19.5 Å². The van der Waals surface area contributed by atoms with Crippen LogP contribution in [0.2, 0.25) is 0 Å². The van der Waals surface area contributed by atoms with Crippen molar-refractivity contribution in [3.8, 4) is 11.1 Å². The highest BCUT2D eigenvalue weighted by atomic mass is 16.4. The zero-order valence-electron chi connectivity index (χ0n) is 20.6. The zero-order chi connectivity index (χ0) is 26.6. The Morgan fingerprint density at radius 2 is 1.61 bits per heavy atom. The second-order valence-corrected chi connectivity index (χ2v) is 9.66. The van der Waals surface area contributed by atoms with Crippen molar-refractivity contribution in [3.05, 3.63) is 82.7 Å². The average Bonchev–Trinajstić information content (AvgIpc) is 2.81. The molecule has 0 bridgehead atoms. The number of amides is 2. The molecular weight excluding hydrogens is 458 g/mol. The Morgan fingerprint density at radius 1 is 0.972 bits per heavy atom. The molecule has 1 aromatic heterocycles. The number of amidine groups is 1. The van der Waals surface area contributed by atoms with E-state index in [0.717, 1.165) is 5.56 Å². The van der Waals surface area contributed by atoms with E-state index in [9.17, 15) is 19.5 Å². The van der Waals surface area contributed by atoms with Crippen molar-refractivity contribution in [1.82, 2.24) is 10.3 Å². The van der Waals surface area contributed by atoms with Gasteiger partial charge in [-0.25, -0.2) is 4.79 Å². The highest BCUT2D eigenvalue weighted by molar-refractivity contribution is 6.10. The lowest BCUT2D eigenvalue weighted by atomic mass is 9.94. The minimum absolute atomic E-state index is 0.0312. The van der Waals surface area contributed by atoms with Gasteiger partial charge in [0.05, 0.1) is 5.56 Å². The van der Waals surface area contributed by atoms with Gasteiger partial charge in [-0.1, -0.05) is 26.8 Å². The maximum atomic E-state index is 13.1. The van der Waals surface area contributed by atoms with Crippen molar-refractivity contribution in [2.45, 2.75) is 27.7 Å². The highest BCUT2D eigenvalue weighted by Gasteiger charge is 2.22. The number of nitrogens with zero attached hydrogens (tertiary/aromatic N) is 1. The number of hydrogen-bond donors (Lipinski definition) is 5. The molecule has 3 aromatic rings. The van der Waals surface area contributed by atoms with Crippen LogP contribution in [0.3, 0.4) is 0 Å². The number of benzene rings is 2. The monoisotopic (exact) mass is 487 g/mol. The number of hydrogen-bond acceptors (Lipinski definition) is 5. The molecule has 0 aliphatic heterocycles. The molecular formula is C27H29N5O4. The second-order valence-electron chi connectivity index (χ2n) is 9.66. The third kappa shape index (κ3) is 6.32. The molecule has 9 nitrogen and oxygen atoms in total. The van der Waals surface area contributed by atoms with Crippen LogP contribution >= 0.6 is 0 Å². The normalized spacial score (nSPS) is 11.0. The van der Waals surface area contributed by atoms with Gasteiger partial charge >= 0.3 is 5.97 Å². The predicted octanol–water partition coefficient (Wildman–Crippen LogP) is 4.07. The number of nitrogens with one attached hydrogen (secondary N) is 3. The van der Waals surface area contributed by atoms with E-state index in [-0.39, 0.29) is 39.5 Å². The number of carbonyl (C=O) groups is 3. The molecule has 0 saturated heterocycles. The number of carboxylic acid groups (broad SMARTS) is 1. The Balaban J connectivity index is 1.98. The molecule has 9 heteroatoms. The van der Waals surface area contributed by atoms with E-state index >= 15 is 0 Å². The second kappa shape index (κ2) is 10.4. The van der Waals surface area contributed by atoms with Crippen molar-refractivity contribution in [2.75, 3.05) is 11.9 Å². The Hall–Kier alpha value is -4.53. The standard InChI is InChI=1S/C27H29N5O4/c1-15-11-20(22(30-13-15)25(34)32-18-8-5-16(6-9-18)23(28)29)19-10-7-17(12-21(19)26(35)36)24(33)31-14-27(2,3)4/h5-13H,14H2,1-4H3,(H3,28,29)(H,31,33)(H,32,34)(H,35,36). The smallest absolute Gasteiger partial charge is 0.336 e. The first-order valence-corrected chi connectivity index (χ1v) is 11.2. The van der Waals surface area contributed by atoms with Gasteiger partial charge in [0.15, 0.2) is 0 Å². The summed E-state index contributed by atoms with van der Waals surface area (Å²) in [7, 11) is 0. The van der Waals surface area contributed by atoms with E-state index in [4.69, 9.17) is 11.1 Å². The zero-order valence-corrected chi connectivity index (χ0v) is 20.6. The minimum atomic E-state index is -1.23. The summed E-state index contributed by atoms with van der Waals surface area (Å²) in [6, 6.07) is 12.5. The summed E-state index contributed by atoms with van der Waals surface area (Å²) in [5.41, 5.74) is 7.76. The molecule has 186 valence electrons. The van der Waals surface area contributed by atoms with Crippen molar-refractivity contribution in [3.63, 3.8) is 0 Å². The van der Waals surface area contributed by atoms with Crippen LogP contribution in [-0.2, 0) is 0 Å². The molecule has 2 aromatic carbocycles. The number of aromatic carboxylic acids is 1. The maximum absolute atomic E-state index is 13.1. The Bertz CT molecular complexity index is 1340. The number of rotatable bonds is 7. The molecule has 0 spiro atoms. The van der Waals surface area contributed by atoms with Gasteiger partial charge in [-0.15, -0.1) is 0 Å². The Morgan fingerprint density at radius 3 is 2.19 bits per heavy atom. The van der Waals surface area contributed by atoms with Gasteiger partial charge in [0, 0.05) is 35.1 Å². The van der Waals surface area contributed by atoms with Gasteiger partial charge in [0.25, 0.3) is 11.8 Å². The van der Waals surface area contributed by atoms with Crippen LogP contribution in [0, 0.1) is 17.7 Å². The van der Waals surface area contributed by atoms with Gasteiger partial charge in [0.1, 0.15) is 11.5 Å². The third-order valence-electron chi connectivity index (χ3n) is 5.27. The van der Waals surface area contributed by atoms with Crippen LogP contribution < -0.4 is 16.4 Å². The first-order chi connectivity index (χ1) is 16.9. The summed E-state index contributed by atoms with van der Waals surface area (Å²) < 4.78 is 0. The van der Waals surface area contributed by atoms with Crippen LogP contribution in [0.15, 0.2) is 54.7 Å². The number of anilines is 1. The molecule has 0 fully saturated rings. The number of carbonyl (C=O) groups excluding carboxylic acids is 2. The fourth-order valence-corrected chi connectivity index (χ4v) is 3.42. The molecule has 0 atom stereocenters. The minimum Gasteiger partial charge on any atom is -0.478 e. The summed E-state index contributed by atoms with van der Waals surface area (Å²) in [4.78, 5) is 42.2.